The molecular weight excluding hydrogens is 266 g/mol. The predicted octanol–water partition coefficient (Wildman–Crippen LogP) is 2.81. The highest BCUT2D eigenvalue weighted by molar-refractivity contribution is 5.79. The van der Waals surface area contributed by atoms with Crippen LogP contribution in [-0.4, -0.2) is 30.7 Å². The van der Waals surface area contributed by atoms with Crippen LogP contribution in [0.4, 0.5) is 0 Å². The fraction of sp³-hybridized carbons (Fsp3) is 0.562. The number of rotatable bonds is 4. The monoisotopic (exact) mass is 289 g/mol. The van der Waals surface area contributed by atoms with Crippen LogP contribution >= 0.6 is 0 Å². The van der Waals surface area contributed by atoms with Crippen LogP contribution in [0.5, 0.6) is 11.5 Å². The van der Waals surface area contributed by atoms with Crippen LogP contribution in [-0.2, 0) is 0 Å². The van der Waals surface area contributed by atoms with E-state index in [4.69, 9.17) is 20.2 Å². The summed E-state index contributed by atoms with van der Waals surface area (Å²) in [5.41, 5.74) is 7.70. The van der Waals surface area contributed by atoms with E-state index in [9.17, 15) is 0 Å². The molecule has 1 saturated carbocycles. The molecule has 0 atom stereocenters. The van der Waals surface area contributed by atoms with Crippen LogP contribution in [0.25, 0.3) is 11.0 Å². The van der Waals surface area contributed by atoms with E-state index in [-0.39, 0.29) is 0 Å². The number of hydrogen-bond acceptors (Lipinski definition) is 4. The maximum atomic E-state index is 5.76. The number of methoxy groups -OCH3 is 2. The van der Waals surface area contributed by atoms with E-state index in [1.54, 1.807) is 14.2 Å². The van der Waals surface area contributed by atoms with Gasteiger partial charge in [0.1, 0.15) is 5.82 Å². The maximum Gasteiger partial charge on any atom is 0.163 e. The molecule has 1 aliphatic rings. The SMILES string of the molecule is COc1cc2nc(C3CCC(CN)CC3)[nH]c2cc1OC. The molecule has 0 unspecified atom stereocenters. The van der Waals surface area contributed by atoms with E-state index in [1.807, 2.05) is 12.1 Å². The van der Waals surface area contributed by atoms with E-state index in [0.29, 0.717) is 11.8 Å². The van der Waals surface area contributed by atoms with Gasteiger partial charge in [-0.25, -0.2) is 4.98 Å². The van der Waals surface area contributed by atoms with Gasteiger partial charge in [0.2, 0.25) is 0 Å². The van der Waals surface area contributed by atoms with Crippen molar-refractivity contribution in [2.45, 2.75) is 31.6 Å². The highest BCUT2D eigenvalue weighted by Gasteiger charge is 2.24. The van der Waals surface area contributed by atoms with Crippen molar-refractivity contribution in [1.29, 1.82) is 0 Å². The van der Waals surface area contributed by atoms with Crippen molar-refractivity contribution in [3.63, 3.8) is 0 Å². The van der Waals surface area contributed by atoms with Crippen molar-refractivity contribution in [3.8, 4) is 11.5 Å². The summed E-state index contributed by atoms with van der Waals surface area (Å²) in [6.45, 7) is 0.807. The molecule has 0 aliphatic heterocycles. The molecule has 0 saturated heterocycles. The van der Waals surface area contributed by atoms with Crippen molar-refractivity contribution in [2.24, 2.45) is 11.7 Å². The third-order valence-corrected chi connectivity index (χ3v) is 4.57. The first kappa shape index (κ1) is 14.2. The number of aromatic nitrogens is 2. The molecule has 1 aromatic carbocycles. The maximum absolute atomic E-state index is 5.76. The van der Waals surface area contributed by atoms with E-state index in [1.165, 1.54) is 12.8 Å². The molecule has 1 heterocycles. The number of imidazole rings is 1. The topological polar surface area (TPSA) is 73.2 Å². The second-order valence-corrected chi connectivity index (χ2v) is 5.80. The van der Waals surface area contributed by atoms with Gasteiger partial charge >= 0.3 is 0 Å². The Kier molecular flexibility index (Phi) is 4.01. The molecule has 0 spiro atoms. The van der Waals surface area contributed by atoms with Crippen LogP contribution in [0.1, 0.15) is 37.4 Å². The molecule has 1 aromatic heterocycles. The molecular formula is C16H23N3O2. The number of nitrogens with one attached hydrogen (secondary N) is 1. The van der Waals surface area contributed by atoms with E-state index in [2.05, 4.69) is 4.98 Å². The van der Waals surface area contributed by atoms with E-state index < -0.39 is 0 Å². The fourth-order valence-electron chi connectivity index (χ4n) is 3.22. The molecule has 114 valence electrons. The van der Waals surface area contributed by atoms with Crippen molar-refractivity contribution >= 4 is 11.0 Å². The van der Waals surface area contributed by atoms with E-state index >= 15 is 0 Å². The number of nitrogens with zero attached hydrogens (tertiary/aromatic N) is 1. The van der Waals surface area contributed by atoms with Gasteiger partial charge in [0.05, 0.1) is 25.3 Å². The lowest BCUT2D eigenvalue weighted by atomic mass is 9.82. The summed E-state index contributed by atoms with van der Waals surface area (Å²) in [5, 5.41) is 0. The van der Waals surface area contributed by atoms with Crippen molar-refractivity contribution in [3.05, 3.63) is 18.0 Å². The number of fused-ring (bicyclic) bond motifs is 1. The molecule has 3 rings (SSSR count). The predicted molar refractivity (Wildman–Crippen MR) is 83.0 cm³/mol. The second kappa shape index (κ2) is 5.93. The number of hydrogen-bond donors (Lipinski definition) is 2. The second-order valence-electron chi connectivity index (χ2n) is 5.80. The van der Waals surface area contributed by atoms with Gasteiger partial charge in [-0.3, -0.25) is 0 Å². The standard InChI is InChI=1S/C16H23N3O2/c1-20-14-7-12-13(8-15(14)21-2)19-16(18-12)11-5-3-10(9-17)4-6-11/h7-8,10-11H,3-6,9,17H2,1-2H3,(H,18,19). The molecule has 5 heteroatoms. The van der Waals surface area contributed by atoms with Crippen molar-refractivity contribution < 1.29 is 9.47 Å². The minimum absolute atomic E-state index is 0.511. The zero-order chi connectivity index (χ0) is 14.8. The largest absolute Gasteiger partial charge is 0.493 e. The molecule has 0 amide bonds. The summed E-state index contributed by atoms with van der Waals surface area (Å²) in [6, 6.07) is 3.88. The van der Waals surface area contributed by atoms with Gasteiger partial charge < -0.3 is 20.2 Å². The third-order valence-electron chi connectivity index (χ3n) is 4.57. The van der Waals surface area contributed by atoms with Crippen molar-refractivity contribution in [2.75, 3.05) is 20.8 Å². The highest BCUT2D eigenvalue weighted by atomic mass is 16.5. The highest BCUT2D eigenvalue weighted by Crippen LogP contribution is 2.36. The average Bonchev–Trinajstić information content (AvgIpc) is 2.96. The summed E-state index contributed by atoms with van der Waals surface area (Å²) in [7, 11) is 3.29. The van der Waals surface area contributed by atoms with Crippen LogP contribution in [0.2, 0.25) is 0 Å². The Morgan fingerprint density at radius 2 is 1.81 bits per heavy atom. The average molecular weight is 289 g/mol. The molecule has 21 heavy (non-hydrogen) atoms. The molecule has 2 aromatic rings. The summed E-state index contributed by atoms with van der Waals surface area (Å²) in [6.07, 6.45) is 4.72. The number of ether oxygens (including phenoxy) is 2. The first-order valence-corrected chi connectivity index (χ1v) is 7.56. The van der Waals surface area contributed by atoms with Gasteiger partial charge in [0, 0.05) is 18.1 Å². The molecule has 0 radical (unpaired) electrons. The van der Waals surface area contributed by atoms with E-state index in [0.717, 1.165) is 47.7 Å². The Morgan fingerprint density at radius 3 is 2.43 bits per heavy atom. The Labute approximate surface area is 124 Å². The Balaban J connectivity index is 1.87. The van der Waals surface area contributed by atoms with Gasteiger partial charge in [-0.05, 0) is 38.1 Å². The third kappa shape index (κ3) is 2.70. The smallest absolute Gasteiger partial charge is 0.163 e. The molecule has 1 fully saturated rings. The summed E-state index contributed by atoms with van der Waals surface area (Å²) >= 11 is 0. The lowest BCUT2D eigenvalue weighted by molar-refractivity contribution is 0.326. The van der Waals surface area contributed by atoms with Crippen LogP contribution in [0, 0.1) is 5.92 Å². The van der Waals surface area contributed by atoms with Crippen LogP contribution in [0.15, 0.2) is 12.1 Å². The fourth-order valence-corrected chi connectivity index (χ4v) is 3.22. The van der Waals surface area contributed by atoms with Crippen molar-refractivity contribution in [1.82, 2.24) is 9.97 Å². The summed E-state index contributed by atoms with van der Waals surface area (Å²) in [5.74, 6) is 3.72. The quantitative estimate of drug-likeness (QED) is 0.907. The first-order chi connectivity index (χ1) is 10.2. The zero-order valence-electron chi connectivity index (χ0n) is 12.7. The Hall–Kier alpha value is -1.75. The van der Waals surface area contributed by atoms with Gasteiger partial charge in [-0.15, -0.1) is 0 Å². The summed E-state index contributed by atoms with van der Waals surface area (Å²) in [4.78, 5) is 8.20. The first-order valence-electron chi connectivity index (χ1n) is 7.56. The van der Waals surface area contributed by atoms with Gasteiger partial charge in [0.25, 0.3) is 0 Å². The minimum atomic E-state index is 0.511. The number of nitrogens with two attached hydrogens (primary N) is 1. The zero-order valence-corrected chi connectivity index (χ0v) is 12.7. The normalized spacial score (nSPS) is 22.4. The molecule has 1 aliphatic carbocycles. The number of aromatic amines is 1. The lowest BCUT2D eigenvalue weighted by Crippen LogP contribution is -2.21. The van der Waals surface area contributed by atoms with Gasteiger partial charge in [-0.1, -0.05) is 0 Å². The number of H-pyrrole nitrogens is 1. The Bertz CT molecular complexity index is 574. The summed E-state index contributed by atoms with van der Waals surface area (Å²) < 4.78 is 10.7. The molecule has 3 N–H and O–H groups in total. The Morgan fingerprint density at radius 1 is 1.14 bits per heavy atom. The van der Waals surface area contributed by atoms with Gasteiger partial charge in [-0.2, -0.15) is 0 Å². The van der Waals surface area contributed by atoms with Crippen LogP contribution in [0.3, 0.4) is 0 Å². The molecule has 5 nitrogen and oxygen atoms in total. The minimum Gasteiger partial charge on any atom is -0.493 e. The lowest BCUT2D eigenvalue weighted by Gasteiger charge is -2.26. The number of benzene rings is 1. The molecule has 0 bridgehead atoms. The van der Waals surface area contributed by atoms with Crippen LogP contribution < -0.4 is 15.2 Å². The van der Waals surface area contributed by atoms with Gasteiger partial charge in [0.15, 0.2) is 11.5 Å².